The zero-order chi connectivity index (χ0) is 14.5. The molecule has 0 saturated carbocycles. The molecule has 0 aromatic carbocycles. The van der Waals surface area contributed by atoms with Crippen molar-refractivity contribution in [3.8, 4) is 17.4 Å². The predicted molar refractivity (Wildman–Crippen MR) is 68.0 cm³/mol. The summed E-state index contributed by atoms with van der Waals surface area (Å²) < 4.78 is 10.2. The molecule has 2 aromatic rings. The summed E-state index contributed by atoms with van der Waals surface area (Å²) in [6.45, 7) is 0.126. The van der Waals surface area contributed by atoms with E-state index in [2.05, 4.69) is 9.97 Å². The molecule has 0 aliphatic rings. The Hall–Kier alpha value is -2.83. The topological polar surface area (TPSA) is 102 Å². The molecule has 20 heavy (non-hydrogen) atoms. The lowest BCUT2D eigenvalue weighted by Crippen LogP contribution is -2.06. The van der Waals surface area contributed by atoms with Gasteiger partial charge in [-0.3, -0.25) is 4.98 Å². The van der Waals surface area contributed by atoms with Gasteiger partial charge in [-0.15, -0.1) is 0 Å². The van der Waals surface area contributed by atoms with Crippen LogP contribution in [0.25, 0.3) is 0 Å². The largest absolute Gasteiger partial charge is 0.503 e. The zero-order valence-corrected chi connectivity index (χ0v) is 10.6. The lowest BCUT2D eigenvalue weighted by molar-refractivity contribution is 0.0684. The van der Waals surface area contributed by atoms with E-state index in [1.165, 1.54) is 13.2 Å². The second kappa shape index (κ2) is 5.87. The monoisotopic (exact) mass is 276 g/mol. The number of rotatable bonds is 5. The van der Waals surface area contributed by atoms with Gasteiger partial charge in [0.05, 0.1) is 12.8 Å². The molecule has 0 saturated heterocycles. The van der Waals surface area contributed by atoms with Gasteiger partial charge in [-0.05, 0) is 12.1 Å². The van der Waals surface area contributed by atoms with Crippen molar-refractivity contribution in [2.45, 2.75) is 6.61 Å². The molecule has 0 aliphatic heterocycles. The van der Waals surface area contributed by atoms with Crippen LogP contribution in [0.15, 0.2) is 30.5 Å². The Morgan fingerprint density at radius 3 is 2.80 bits per heavy atom. The summed E-state index contributed by atoms with van der Waals surface area (Å²) in [6.07, 6.45) is 1.62. The van der Waals surface area contributed by atoms with Crippen LogP contribution in [0, 0.1) is 0 Å². The van der Waals surface area contributed by atoms with E-state index < -0.39 is 17.4 Å². The highest BCUT2D eigenvalue weighted by Gasteiger charge is 2.19. The average molecular weight is 276 g/mol. The van der Waals surface area contributed by atoms with E-state index in [-0.39, 0.29) is 18.2 Å². The van der Waals surface area contributed by atoms with Crippen molar-refractivity contribution < 1.29 is 24.5 Å². The van der Waals surface area contributed by atoms with Gasteiger partial charge in [0.1, 0.15) is 6.61 Å². The first-order chi connectivity index (χ1) is 9.61. The molecule has 0 amide bonds. The SMILES string of the molecule is COc1cc(OCc2ccccn2)nc(C(=O)O)c1O. The van der Waals surface area contributed by atoms with Gasteiger partial charge in [0, 0.05) is 12.3 Å². The summed E-state index contributed by atoms with van der Waals surface area (Å²) in [5.74, 6) is -1.90. The van der Waals surface area contributed by atoms with Crippen LogP contribution < -0.4 is 9.47 Å². The van der Waals surface area contributed by atoms with Crippen LogP contribution in [-0.4, -0.2) is 33.3 Å². The van der Waals surface area contributed by atoms with E-state index >= 15 is 0 Å². The molecule has 2 rings (SSSR count). The number of carboxylic acid groups (broad SMARTS) is 1. The number of hydrogen-bond acceptors (Lipinski definition) is 6. The van der Waals surface area contributed by atoms with Crippen LogP contribution in [0.5, 0.6) is 17.4 Å². The van der Waals surface area contributed by atoms with Gasteiger partial charge in [0.15, 0.2) is 17.2 Å². The van der Waals surface area contributed by atoms with Crippen LogP contribution in [0.3, 0.4) is 0 Å². The van der Waals surface area contributed by atoms with Crippen molar-refractivity contribution >= 4 is 5.97 Å². The number of carboxylic acids is 1. The summed E-state index contributed by atoms with van der Waals surface area (Å²) >= 11 is 0. The quantitative estimate of drug-likeness (QED) is 0.852. The highest BCUT2D eigenvalue weighted by Crippen LogP contribution is 2.32. The van der Waals surface area contributed by atoms with Crippen molar-refractivity contribution in [3.63, 3.8) is 0 Å². The standard InChI is InChI=1S/C13H12N2O5/c1-19-9-6-10(15-11(12(9)16)13(17)18)20-7-8-4-2-3-5-14-8/h2-6,16H,7H2,1H3,(H,17,18). The first kappa shape index (κ1) is 13.6. The van der Waals surface area contributed by atoms with Crippen LogP contribution in [0.1, 0.15) is 16.2 Å². The van der Waals surface area contributed by atoms with Gasteiger partial charge in [-0.25, -0.2) is 9.78 Å². The summed E-state index contributed by atoms with van der Waals surface area (Å²) in [5.41, 5.74) is 0.138. The molecule has 104 valence electrons. The van der Waals surface area contributed by atoms with E-state index in [1.807, 2.05) is 0 Å². The Balaban J connectivity index is 2.23. The lowest BCUT2D eigenvalue weighted by atomic mass is 10.3. The van der Waals surface area contributed by atoms with Crippen LogP contribution in [0.4, 0.5) is 0 Å². The Bertz CT molecular complexity index is 616. The Morgan fingerprint density at radius 2 is 2.20 bits per heavy atom. The highest BCUT2D eigenvalue weighted by atomic mass is 16.5. The fourth-order valence-corrected chi connectivity index (χ4v) is 1.50. The van der Waals surface area contributed by atoms with Gasteiger partial charge < -0.3 is 19.7 Å². The van der Waals surface area contributed by atoms with Crippen molar-refractivity contribution in [2.75, 3.05) is 7.11 Å². The van der Waals surface area contributed by atoms with Gasteiger partial charge in [-0.2, -0.15) is 0 Å². The third-order valence-electron chi connectivity index (χ3n) is 2.45. The number of aromatic hydroxyl groups is 1. The van der Waals surface area contributed by atoms with Crippen LogP contribution >= 0.6 is 0 Å². The Morgan fingerprint density at radius 1 is 1.40 bits per heavy atom. The number of aromatic carboxylic acids is 1. The van der Waals surface area contributed by atoms with Crippen molar-refractivity contribution in [3.05, 3.63) is 41.9 Å². The third kappa shape index (κ3) is 2.94. The molecule has 2 N–H and O–H groups in total. The highest BCUT2D eigenvalue weighted by molar-refractivity contribution is 5.89. The molecule has 0 atom stereocenters. The lowest BCUT2D eigenvalue weighted by Gasteiger charge is -2.09. The molecule has 0 aliphatic carbocycles. The minimum atomic E-state index is -1.37. The number of pyridine rings is 2. The predicted octanol–water partition coefficient (Wildman–Crippen LogP) is 1.47. The number of methoxy groups -OCH3 is 1. The molecule has 7 heteroatoms. The molecule has 7 nitrogen and oxygen atoms in total. The third-order valence-corrected chi connectivity index (χ3v) is 2.45. The Labute approximate surface area is 114 Å². The minimum Gasteiger partial charge on any atom is -0.503 e. The number of hydrogen-bond donors (Lipinski definition) is 2. The van der Waals surface area contributed by atoms with E-state index in [0.29, 0.717) is 5.69 Å². The maximum absolute atomic E-state index is 11.0. The van der Waals surface area contributed by atoms with E-state index in [4.69, 9.17) is 14.6 Å². The first-order valence-corrected chi connectivity index (χ1v) is 5.66. The normalized spacial score (nSPS) is 10.1. The van der Waals surface area contributed by atoms with Gasteiger partial charge >= 0.3 is 5.97 Å². The van der Waals surface area contributed by atoms with E-state index in [1.54, 1.807) is 24.4 Å². The zero-order valence-electron chi connectivity index (χ0n) is 10.6. The van der Waals surface area contributed by atoms with Gasteiger partial charge in [-0.1, -0.05) is 6.07 Å². The minimum absolute atomic E-state index is 0.0200. The maximum Gasteiger partial charge on any atom is 0.358 e. The number of nitrogens with zero attached hydrogens (tertiary/aromatic N) is 2. The van der Waals surface area contributed by atoms with Gasteiger partial charge in [0.25, 0.3) is 0 Å². The summed E-state index contributed by atoms with van der Waals surface area (Å²) in [7, 11) is 1.31. The van der Waals surface area contributed by atoms with Crippen molar-refractivity contribution in [1.82, 2.24) is 9.97 Å². The van der Waals surface area contributed by atoms with Crippen LogP contribution in [0.2, 0.25) is 0 Å². The van der Waals surface area contributed by atoms with Crippen molar-refractivity contribution in [2.24, 2.45) is 0 Å². The summed E-state index contributed by atoms with van der Waals surface area (Å²) in [4.78, 5) is 18.7. The molecule has 0 unspecified atom stereocenters. The average Bonchev–Trinajstić information content (AvgIpc) is 2.47. The molecule has 2 aromatic heterocycles. The summed E-state index contributed by atoms with van der Waals surface area (Å²) in [5, 5.41) is 18.6. The fourth-order valence-electron chi connectivity index (χ4n) is 1.50. The first-order valence-electron chi connectivity index (χ1n) is 5.66. The van der Waals surface area contributed by atoms with E-state index in [9.17, 15) is 9.90 Å². The molecular weight excluding hydrogens is 264 g/mol. The second-order valence-electron chi connectivity index (χ2n) is 3.77. The fraction of sp³-hybridized carbons (Fsp3) is 0.154. The number of ether oxygens (including phenoxy) is 2. The number of aromatic nitrogens is 2. The van der Waals surface area contributed by atoms with Crippen molar-refractivity contribution in [1.29, 1.82) is 0 Å². The molecular formula is C13H12N2O5. The molecule has 0 spiro atoms. The molecule has 0 fully saturated rings. The smallest absolute Gasteiger partial charge is 0.358 e. The van der Waals surface area contributed by atoms with Gasteiger partial charge in [0.2, 0.25) is 5.88 Å². The molecule has 0 radical (unpaired) electrons. The van der Waals surface area contributed by atoms with Crippen LogP contribution in [-0.2, 0) is 6.61 Å². The second-order valence-corrected chi connectivity index (χ2v) is 3.77. The summed E-state index contributed by atoms with van der Waals surface area (Å²) in [6, 6.07) is 6.65. The molecule has 0 bridgehead atoms. The van der Waals surface area contributed by atoms with E-state index in [0.717, 1.165) is 0 Å². The Kier molecular flexibility index (Phi) is 3.99. The maximum atomic E-state index is 11.0. The number of carbonyl (C=O) groups is 1. The molecule has 2 heterocycles.